The van der Waals surface area contributed by atoms with Crippen molar-refractivity contribution in [1.29, 1.82) is 0 Å². The van der Waals surface area contributed by atoms with E-state index in [1.165, 1.54) is 22.7 Å². The minimum absolute atomic E-state index is 0.0357. The van der Waals surface area contributed by atoms with E-state index in [9.17, 15) is 14.4 Å². The third kappa shape index (κ3) is 4.69. The van der Waals surface area contributed by atoms with Crippen LogP contribution < -0.4 is 10.6 Å². The second-order valence-electron chi connectivity index (χ2n) is 6.06. The Morgan fingerprint density at radius 1 is 1.00 bits per heavy atom. The van der Waals surface area contributed by atoms with Crippen molar-refractivity contribution in [2.45, 2.75) is 20.4 Å². The van der Waals surface area contributed by atoms with Gasteiger partial charge in [-0.05, 0) is 54.6 Å². The molecule has 0 saturated carbocycles. The molecule has 2 N–H and O–H groups in total. The maximum atomic E-state index is 12.3. The number of benzene rings is 1. The number of rotatable bonds is 5. The van der Waals surface area contributed by atoms with Crippen molar-refractivity contribution < 1.29 is 14.4 Å². The van der Waals surface area contributed by atoms with E-state index >= 15 is 0 Å². The number of amides is 2. The van der Waals surface area contributed by atoms with E-state index < -0.39 is 11.8 Å². The quantitative estimate of drug-likeness (QED) is 0.505. The summed E-state index contributed by atoms with van der Waals surface area (Å²) in [5.41, 5.74) is 3.16. The molecular formula is C20H18N2O3S2. The van der Waals surface area contributed by atoms with Gasteiger partial charge >= 0.3 is 11.8 Å². The van der Waals surface area contributed by atoms with Crippen LogP contribution in [0.1, 0.15) is 31.2 Å². The predicted molar refractivity (Wildman–Crippen MR) is 108 cm³/mol. The Balaban J connectivity index is 1.57. The fourth-order valence-corrected chi connectivity index (χ4v) is 3.97. The highest BCUT2D eigenvalue weighted by Gasteiger charge is 2.16. The highest BCUT2D eigenvalue weighted by molar-refractivity contribution is 7.14. The Hall–Kier alpha value is -2.77. The van der Waals surface area contributed by atoms with Crippen LogP contribution in [0, 0.1) is 13.8 Å². The first kappa shape index (κ1) is 19.0. The maximum Gasteiger partial charge on any atom is 0.313 e. The second-order valence-corrected chi connectivity index (χ2v) is 8.01. The first-order valence-corrected chi connectivity index (χ1v) is 10.0. The van der Waals surface area contributed by atoms with Crippen molar-refractivity contribution in [1.82, 2.24) is 5.32 Å². The largest absolute Gasteiger partial charge is 0.343 e. The number of carbonyl (C=O) groups is 3. The van der Waals surface area contributed by atoms with Gasteiger partial charge in [0.05, 0.1) is 11.4 Å². The molecule has 0 saturated heterocycles. The average Bonchev–Trinajstić information content (AvgIpc) is 3.34. The van der Waals surface area contributed by atoms with Crippen molar-refractivity contribution >= 4 is 46.0 Å². The molecule has 3 rings (SSSR count). The van der Waals surface area contributed by atoms with Gasteiger partial charge in [0.2, 0.25) is 5.78 Å². The molecule has 0 fully saturated rings. The van der Waals surface area contributed by atoms with Crippen LogP contribution in [0.2, 0.25) is 0 Å². The number of hydrogen-bond donors (Lipinski definition) is 2. The van der Waals surface area contributed by atoms with E-state index in [0.29, 0.717) is 16.1 Å². The topological polar surface area (TPSA) is 75.3 Å². The highest BCUT2D eigenvalue weighted by atomic mass is 32.1. The molecule has 0 aliphatic carbocycles. The summed E-state index contributed by atoms with van der Waals surface area (Å²) in [6, 6.07) is 11.0. The van der Waals surface area contributed by atoms with Crippen molar-refractivity contribution in [3.8, 4) is 0 Å². The zero-order chi connectivity index (χ0) is 19.4. The standard InChI is InChI=1S/C20H18N2O3S2/c1-12-3-4-13(2)16(9-12)22-20(25)19(24)21-10-15-5-6-17(27-15)18(23)14-7-8-26-11-14/h3-9,11H,10H2,1-2H3,(H,21,24)(H,22,25). The van der Waals surface area contributed by atoms with Gasteiger partial charge in [0.25, 0.3) is 0 Å². The number of thiophene rings is 2. The van der Waals surface area contributed by atoms with Crippen molar-refractivity contribution in [3.05, 3.63) is 73.6 Å². The van der Waals surface area contributed by atoms with Gasteiger partial charge < -0.3 is 10.6 Å². The molecule has 0 spiro atoms. The third-order valence-electron chi connectivity index (χ3n) is 3.94. The van der Waals surface area contributed by atoms with Gasteiger partial charge in [-0.25, -0.2) is 0 Å². The summed E-state index contributed by atoms with van der Waals surface area (Å²) in [6.07, 6.45) is 0. The molecule has 138 valence electrons. The maximum absolute atomic E-state index is 12.3. The van der Waals surface area contributed by atoms with Crippen molar-refractivity contribution in [3.63, 3.8) is 0 Å². The van der Waals surface area contributed by atoms with Crippen LogP contribution in [0.5, 0.6) is 0 Å². The summed E-state index contributed by atoms with van der Waals surface area (Å²) in [6.45, 7) is 3.98. The Labute approximate surface area is 165 Å². The van der Waals surface area contributed by atoms with E-state index in [1.54, 1.807) is 23.6 Å². The molecule has 0 unspecified atom stereocenters. The van der Waals surface area contributed by atoms with Crippen LogP contribution >= 0.6 is 22.7 Å². The number of ketones is 1. The molecule has 0 bridgehead atoms. The number of carbonyl (C=O) groups excluding carboxylic acids is 3. The Morgan fingerprint density at radius 3 is 2.56 bits per heavy atom. The van der Waals surface area contributed by atoms with Gasteiger partial charge in [-0.2, -0.15) is 11.3 Å². The molecule has 0 aliphatic heterocycles. The van der Waals surface area contributed by atoms with Gasteiger partial charge in [0.15, 0.2) is 0 Å². The van der Waals surface area contributed by atoms with E-state index in [2.05, 4.69) is 10.6 Å². The van der Waals surface area contributed by atoms with Gasteiger partial charge in [-0.15, -0.1) is 11.3 Å². The van der Waals surface area contributed by atoms with Crippen LogP contribution in [-0.2, 0) is 16.1 Å². The van der Waals surface area contributed by atoms with Gasteiger partial charge in [0, 0.05) is 21.5 Å². The molecule has 3 aromatic rings. The first-order chi connectivity index (χ1) is 12.9. The van der Waals surface area contributed by atoms with E-state index in [4.69, 9.17) is 0 Å². The zero-order valence-corrected chi connectivity index (χ0v) is 16.5. The van der Waals surface area contributed by atoms with Crippen LogP contribution in [0.15, 0.2) is 47.2 Å². The Morgan fingerprint density at radius 2 is 1.81 bits per heavy atom. The number of hydrogen-bond acceptors (Lipinski definition) is 5. The van der Waals surface area contributed by atoms with Crippen LogP contribution in [0.4, 0.5) is 5.69 Å². The summed E-state index contributed by atoms with van der Waals surface area (Å²) < 4.78 is 0. The minimum atomic E-state index is -0.713. The summed E-state index contributed by atoms with van der Waals surface area (Å²) >= 11 is 2.78. The molecule has 1 aromatic carbocycles. The predicted octanol–water partition coefficient (Wildman–Crippen LogP) is 3.91. The minimum Gasteiger partial charge on any atom is -0.343 e. The lowest BCUT2D eigenvalue weighted by molar-refractivity contribution is -0.136. The average molecular weight is 399 g/mol. The smallest absolute Gasteiger partial charge is 0.313 e. The van der Waals surface area contributed by atoms with Crippen molar-refractivity contribution in [2.75, 3.05) is 5.32 Å². The second kappa shape index (κ2) is 8.28. The molecule has 7 heteroatoms. The van der Waals surface area contributed by atoms with E-state index in [1.807, 2.05) is 37.4 Å². The van der Waals surface area contributed by atoms with Gasteiger partial charge in [-0.3, -0.25) is 14.4 Å². The molecule has 27 heavy (non-hydrogen) atoms. The van der Waals surface area contributed by atoms with Gasteiger partial charge in [0.1, 0.15) is 0 Å². The molecular weight excluding hydrogens is 380 g/mol. The fourth-order valence-electron chi connectivity index (χ4n) is 2.43. The zero-order valence-electron chi connectivity index (χ0n) is 14.9. The molecule has 0 aliphatic rings. The molecule has 0 atom stereocenters. The van der Waals surface area contributed by atoms with Crippen LogP contribution in [0.3, 0.4) is 0 Å². The summed E-state index contributed by atoms with van der Waals surface area (Å²) in [5.74, 6) is -1.46. The highest BCUT2D eigenvalue weighted by Crippen LogP contribution is 2.21. The molecule has 2 aromatic heterocycles. The Bertz CT molecular complexity index is 991. The molecule has 2 amide bonds. The fraction of sp³-hybridized carbons (Fsp3) is 0.150. The monoisotopic (exact) mass is 398 g/mol. The summed E-state index contributed by atoms with van der Waals surface area (Å²) in [4.78, 5) is 37.9. The molecule has 2 heterocycles. The van der Waals surface area contributed by atoms with Gasteiger partial charge in [-0.1, -0.05) is 12.1 Å². The lowest BCUT2D eigenvalue weighted by Gasteiger charge is -2.09. The van der Waals surface area contributed by atoms with Crippen molar-refractivity contribution in [2.24, 2.45) is 0 Å². The lowest BCUT2D eigenvalue weighted by Crippen LogP contribution is -2.34. The SMILES string of the molecule is Cc1ccc(C)c(NC(=O)C(=O)NCc2ccc(C(=O)c3ccsc3)s2)c1. The summed E-state index contributed by atoms with van der Waals surface area (Å²) in [5, 5.41) is 8.88. The lowest BCUT2D eigenvalue weighted by atomic mass is 10.1. The third-order valence-corrected chi connectivity index (χ3v) is 5.71. The van der Waals surface area contributed by atoms with Crippen LogP contribution in [0.25, 0.3) is 0 Å². The van der Waals surface area contributed by atoms with E-state index in [0.717, 1.165) is 16.0 Å². The number of aryl methyl sites for hydroxylation is 2. The van der Waals surface area contributed by atoms with E-state index in [-0.39, 0.29) is 12.3 Å². The number of anilines is 1. The first-order valence-electron chi connectivity index (χ1n) is 8.26. The normalized spacial score (nSPS) is 10.4. The van der Waals surface area contributed by atoms with Crippen LogP contribution in [-0.4, -0.2) is 17.6 Å². The molecule has 0 radical (unpaired) electrons. The summed E-state index contributed by atoms with van der Waals surface area (Å²) in [7, 11) is 0. The Kier molecular flexibility index (Phi) is 5.83. The molecule has 5 nitrogen and oxygen atoms in total. The number of nitrogens with one attached hydrogen (secondary N) is 2.